The van der Waals surface area contributed by atoms with Crippen molar-refractivity contribution in [3.8, 4) is 5.75 Å². The van der Waals surface area contributed by atoms with Gasteiger partial charge in [-0.15, -0.1) is 0 Å². The zero-order valence-corrected chi connectivity index (χ0v) is 17.4. The predicted molar refractivity (Wildman–Crippen MR) is 118 cm³/mol. The van der Waals surface area contributed by atoms with Crippen LogP contribution in [-0.4, -0.2) is 15.9 Å². The summed E-state index contributed by atoms with van der Waals surface area (Å²) in [6, 6.07) is 18.5. The molecule has 0 unspecified atom stereocenters. The molecule has 5 rings (SSSR count). The molecule has 1 N–H and O–H groups in total. The van der Waals surface area contributed by atoms with Crippen LogP contribution < -0.4 is 5.43 Å². The summed E-state index contributed by atoms with van der Waals surface area (Å²) in [6.45, 7) is 2.09. The second-order valence-electron chi connectivity index (χ2n) is 7.70. The third kappa shape index (κ3) is 3.18. The van der Waals surface area contributed by atoms with Gasteiger partial charge in [0.2, 0.25) is 5.76 Å². The lowest BCUT2D eigenvalue weighted by molar-refractivity contribution is 0.0714. The third-order valence-corrected chi connectivity index (χ3v) is 5.97. The van der Waals surface area contributed by atoms with Crippen LogP contribution in [0.15, 0.2) is 75.9 Å². The van der Waals surface area contributed by atoms with Gasteiger partial charge in [0.05, 0.1) is 17.0 Å². The largest absolute Gasteiger partial charge is 0.508 e. The summed E-state index contributed by atoms with van der Waals surface area (Å²) < 4.78 is 5.95. The number of amides is 1. The van der Waals surface area contributed by atoms with Crippen molar-refractivity contribution in [2.24, 2.45) is 0 Å². The van der Waals surface area contributed by atoms with Gasteiger partial charge in [-0.2, -0.15) is 0 Å². The summed E-state index contributed by atoms with van der Waals surface area (Å²) in [5.74, 6) is -0.304. The van der Waals surface area contributed by atoms with E-state index >= 15 is 0 Å². The maximum atomic E-state index is 13.5. The van der Waals surface area contributed by atoms with Gasteiger partial charge in [-0.25, -0.2) is 0 Å². The number of benzene rings is 3. The van der Waals surface area contributed by atoms with Gasteiger partial charge < -0.3 is 14.4 Å². The molecule has 1 aliphatic rings. The van der Waals surface area contributed by atoms with E-state index in [1.54, 1.807) is 47.4 Å². The minimum Gasteiger partial charge on any atom is -0.508 e. The number of rotatable bonds is 3. The smallest absolute Gasteiger partial charge is 0.291 e. The van der Waals surface area contributed by atoms with Gasteiger partial charge >= 0.3 is 0 Å². The summed E-state index contributed by atoms with van der Waals surface area (Å²) >= 11 is 6.35. The Morgan fingerprint density at radius 3 is 2.61 bits per heavy atom. The first-order chi connectivity index (χ1) is 14.9. The van der Waals surface area contributed by atoms with E-state index in [2.05, 4.69) is 0 Å². The van der Waals surface area contributed by atoms with Crippen molar-refractivity contribution in [3.63, 3.8) is 0 Å². The first-order valence-corrected chi connectivity index (χ1v) is 10.2. The highest BCUT2D eigenvalue weighted by Crippen LogP contribution is 2.40. The van der Waals surface area contributed by atoms with Crippen molar-refractivity contribution < 1.29 is 14.3 Å². The van der Waals surface area contributed by atoms with Crippen LogP contribution in [0.1, 0.15) is 38.9 Å². The number of phenolic OH excluding ortho intramolecular Hbond substituents is 1. The zero-order valence-electron chi connectivity index (χ0n) is 16.6. The molecule has 31 heavy (non-hydrogen) atoms. The van der Waals surface area contributed by atoms with Crippen molar-refractivity contribution in [2.45, 2.75) is 19.5 Å². The third-order valence-electron chi connectivity index (χ3n) is 5.61. The highest BCUT2D eigenvalue weighted by Gasteiger charge is 2.43. The van der Waals surface area contributed by atoms with E-state index in [-0.39, 0.29) is 35.0 Å². The zero-order chi connectivity index (χ0) is 21.7. The molecule has 5 nitrogen and oxygen atoms in total. The second-order valence-corrected chi connectivity index (χ2v) is 8.10. The molecule has 0 aliphatic carbocycles. The number of hydrogen-bond acceptors (Lipinski definition) is 4. The Hall–Kier alpha value is -3.57. The molecule has 0 fully saturated rings. The van der Waals surface area contributed by atoms with Gasteiger partial charge in [0.25, 0.3) is 5.91 Å². The number of aryl methyl sites for hydroxylation is 1. The number of fused-ring (bicyclic) bond motifs is 2. The molecule has 2 heterocycles. The van der Waals surface area contributed by atoms with E-state index in [9.17, 15) is 14.7 Å². The number of nitrogens with zero attached hydrogens (tertiary/aromatic N) is 1. The number of carbonyl (C=O) groups is 1. The molecule has 3 aromatic carbocycles. The van der Waals surface area contributed by atoms with Crippen LogP contribution in [0.5, 0.6) is 5.75 Å². The summed E-state index contributed by atoms with van der Waals surface area (Å²) in [5.41, 5.74) is 2.70. The Balaban J connectivity index is 1.75. The number of halogens is 1. The van der Waals surface area contributed by atoms with Crippen LogP contribution in [-0.2, 0) is 6.54 Å². The minimum absolute atomic E-state index is 0.0294. The van der Waals surface area contributed by atoms with E-state index < -0.39 is 6.04 Å². The fraction of sp³-hybridized carbons (Fsp3) is 0.120. The van der Waals surface area contributed by atoms with E-state index in [1.807, 2.05) is 31.2 Å². The summed E-state index contributed by atoms with van der Waals surface area (Å²) in [4.78, 5) is 28.5. The molecule has 154 valence electrons. The van der Waals surface area contributed by atoms with Crippen molar-refractivity contribution >= 4 is 28.5 Å². The van der Waals surface area contributed by atoms with E-state index in [0.29, 0.717) is 21.6 Å². The van der Waals surface area contributed by atoms with Crippen LogP contribution in [0.3, 0.4) is 0 Å². The lowest BCUT2D eigenvalue weighted by atomic mass is 9.97. The Morgan fingerprint density at radius 2 is 1.84 bits per heavy atom. The Labute approximate surface area is 183 Å². The average molecular weight is 432 g/mol. The molecular weight excluding hydrogens is 414 g/mol. The average Bonchev–Trinajstić information content (AvgIpc) is 3.02. The normalized spacial score (nSPS) is 15.5. The first-order valence-electron chi connectivity index (χ1n) is 9.84. The SMILES string of the molecule is Cc1ccc2oc3c(c(=O)c2c1)[C@@H](c1cccc(O)c1)N(Cc1ccccc1Cl)C3=O. The Bertz CT molecular complexity index is 1410. The molecule has 0 radical (unpaired) electrons. The minimum atomic E-state index is -0.702. The van der Waals surface area contributed by atoms with Crippen molar-refractivity contribution in [1.82, 2.24) is 4.90 Å². The second kappa shape index (κ2) is 7.29. The quantitative estimate of drug-likeness (QED) is 0.483. The highest BCUT2D eigenvalue weighted by atomic mass is 35.5. The van der Waals surface area contributed by atoms with Gasteiger partial charge in [0.1, 0.15) is 11.3 Å². The summed E-state index contributed by atoms with van der Waals surface area (Å²) in [5, 5.41) is 11.0. The fourth-order valence-corrected chi connectivity index (χ4v) is 4.34. The van der Waals surface area contributed by atoms with Crippen LogP contribution in [0.2, 0.25) is 5.02 Å². The monoisotopic (exact) mass is 431 g/mol. The van der Waals surface area contributed by atoms with E-state index in [0.717, 1.165) is 11.1 Å². The Morgan fingerprint density at radius 1 is 1.03 bits per heavy atom. The Kier molecular flexibility index (Phi) is 4.56. The van der Waals surface area contributed by atoms with Crippen molar-refractivity contribution in [3.05, 3.63) is 110 Å². The molecule has 0 bridgehead atoms. The maximum Gasteiger partial charge on any atom is 0.291 e. The van der Waals surface area contributed by atoms with Crippen LogP contribution in [0, 0.1) is 6.92 Å². The standard InChI is InChI=1S/C25H18ClNO4/c1-14-9-10-20-18(11-14)23(29)21-22(15-6-4-7-17(28)12-15)27(25(30)24(21)31-20)13-16-5-2-3-8-19(16)26/h2-12,22,28H,13H2,1H3/t22-/m1/s1. The fourth-order valence-electron chi connectivity index (χ4n) is 4.15. The van der Waals surface area contributed by atoms with Crippen molar-refractivity contribution in [1.29, 1.82) is 0 Å². The number of carbonyl (C=O) groups excluding carboxylic acids is 1. The van der Waals surface area contributed by atoms with Crippen molar-refractivity contribution in [2.75, 3.05) is 0 Å². The summed E-state index contributed by atoms with van der Waals surface area (Å²) in [7, 11) is 0. The van der Waals surface area contributed by atoms with Gasteiger partial charge in [0.15, 0.2) is 5.43 Å². The maximum absolute atomic E-state index is 13.5. The van der Waals surface area contributed by atoms with Gasteiger partial charge in [-0.1, -0.05) is 53.6 Å². The summed E-state index contributed by atoms with van der Waals surface area (Å²) in [6.07, 6.45) is 0. The highest BCUT2D eigenvalue weighted by molar-refractivity contribution is 6.31. The van der Waals surface area contributed by atoms with E-state index in [4.69, 9.17) is 16.0 Å². The number of phenols is 1. The van der Waals surface area contributed by atoms with Gasteiger partial charge in [-0.3, -0.25) is 9.59 Å². The molecule has 1 amide bonds. The number of hydrogen-bond donors (Lipinski definition) is 1. The molecule has 1 aromatic heterocycles. The molecule has 0 saturated heterocycles. The van der Waals surface area contributed by atoms with Crippen LogP contribution >= 0.6 is 11.6 Å². The lowest BCUT2D eigenvalue weighted by Crippen LogP contribution is -2.29. The molecule has 4 aromatic rings. The van der Waals surface area contributed by atoms with Gasteiger partial charge in [0, 0.05) is 11.6 Å². The van der Waals surface area contributed by atoms with Crippen LogP contribution in [0.4, 0.5) is 0 Å². The van der Waals surface area contributed by atoms with Crippen LogP contribution in [0.25, 0.3) is 11.0 Å². The molecule has 0 spiro atoms. The molecule has 0 saturated carbocycles. The van der Waals surface area contributed by atoms with Gasteiger partial charge in [-0.05, 0) is 48.4 Å². The molecule has 6 heteroatoms. The lowest BCUT2D eigenvalue weighted by Gasteiger charge is -2.25. The van der Waals surface area contributed by atoms with E-state index in [1.165, 1.54) is 0 Å². The molecule has 1 aliphatic heterocycles. The first kappa shape index (κ1) is 19.4. The topological polar surface area (TPSA) is 70.8 Å². The number of aromatic hydroxyl groups is 1. The molecular formula is C25H18ClNO4. The predicted octanol–water partition coefficient (Wildman–Crippen LogP) is 5.21. The molecule has 1 atom stereocenters.